The third kappa shape index (κ3) is 3.87. The molecule has 0 radical (unpaired) electrons. The van der Waals surface area contributed by atoms with Crippen molar-refractivity contribution in [1.29, 1.82) is 0 Å². The number of carbonyl (C=O) groups is 2. The zero-order valence-electron chi connectivity index (χ0n) is 13.1. The Morgan fingerprint density at radius 2 is 2.05 bits per heavy atom. The number of carboxylic acid groups (broad SMARTS) is 1. The first-order chi connectivity index (χ1) is 9.84. The van der Waals surface area contributed by atoms with Gasteiger partial charge in [0.05, 0.1) is 6.10 Å². The molecule has 6 nitrogen and oxygen atoms in total. The minimum absolute atomic E-state index is 0.0389. The molecule has 2 rings (SSSR count). The molecule has 0 spiro atoms. The van der Waals surface area contributed by atoms with Gasteiger partial charge in [-0.2, -0.15) is 0 Å². The summed E-state index contributed by atoms with van der Waals surface area (Å²) in [7, 11) is 0. The monoisotopic (exact) mass is 298 g/mol. The van der Waals surface area contributed by atoms with Crippen LogP contribution in [0, 0.1) is 11.3 Å². The topological polar surface area (TPSA) is 78.9 Å². The molecule has 0 aromatic rings. The van der Waals surface area contributed by atoms with Crippen molar-refractivity contribution in [3.8, 4) is 0 Å². The maximum absolute atomic E-state index is 12.3. The molecule has 2 amide bonds. The van der Waals surface area contributed by atoms with E-state index in [1.54, 1.807) is 0 Å². The summed E-state index contributed by atoms with van der Waals surface area (Å²) in [5, 5.41) is 11.9. The summed E-state index contributed by atoms with van der Waals surface area (Å²) < 4.78 is 5.65. The van der Waals surface area contributed by atoms with Crippen molar-refractivity contribution < 1.29 is 19.4 Å². The number of hydrogen-bond donors (Lipinski definition) is 2. The van der Waals surface area contributed by atoms with Gasteiger partial charge in [-0.05, 0) is 32.1 Å². The molecule has 2 unspecified atom stereocenters. The number of urea groups is 1. The van der Waals surface area contributed by atoms with Crippen molar-refractivity contribution in [2.45, 2.75) is 52.2 Å². The lowest BCUT2D eigenvalue weighted by molar-refractivity contribution is -0.137. The van der Waals surface area contributed by atoms with Gasteiger partial charge in [-0.1, -0.05) is 13.8 Å². The number of hydrogen-bond acceptors (Lipinski definition) is 3. The van der Waals surface area contributed by atoms with Gasteiger partial charge in [0.15, 0.2) is 0 Å². The van der Waals surface area contributed by atoms with Crippen molar-refractivity contribution in [2.75, 3.05) is 19.7 Å². The van der Waals surface area contributed by atoms with Crippen molar-refractivity contribution in [3.05, 3.63) is 0 Å². The van der Waals surface area contributed by atoms with E-state index >= 15 is 0 Å². The van der Waals surface area contributed by atoms with Crippen LogP contribution in [0.25, 0.3) is 0 Å². The van der Waals surface area contributed by atoms with Crippen LogP contribution in [0.4, 0.5) is 4.79 Å². The van der Waals surface area contributed by atoms with Crippen molar-refractivity contribution >= 4 is 12.0 Å². The number of nitrogens with one attached hydrogen (secondary N) is 1. The lowest BCUT2D eigenvalue weighted by Crippen LogP contribution is -2.63. The lowest BCUT2D eigenvalue weighted by Gasteiger charge is -2.51. The van der Waals surface area contributed by atoms with Crippen LogP contribution in [0.3, 0.4) is 0 Å². The Morgan fingerprint density at radius 3 is 2.52 bits per heavy atom. The van der Waals surface area contributed by atoms with Gasteiger partial charge < -0.3 is 20.1 Å². The highest BCUT2D eigenvalue weighted by atomic mass is 16.5. The molecule has 0 aromatic heterocycles. The number of carbonyl (C=O) groups excluding carboxylic acids is 1. The van der Waals surface area contributed by atoms with Crippen LogP contribution in [0.2, 0.25) is 0 Å². The number of aliphatic carboxylic acids is 1. The maximum Gasteiger partial charge on any atom is 0.323 e. The molecular weight excluding hydrogens is 272 g/mol. The smallest absolute Gasteiger partial charge is 0.323 e. The van der Waals surface area contributed by atoms with Gasteiger partial charge in [-0.25, -0.2) is 4.79 Å². The summed E-state index contributed by atoms with van der Waals surface area (Å²) in [5.74, 6) is -0.494. The Bertz CT molecular complexity index is 406. The second-order valence-electron chi connectivity index (χ2n) is 6.72. The molecule has 0 bridgehead atoms. The Labute approximate surface area is 125 Å². The van der Waals surface area contributed by atoms with E-state index in [0.29, 0.717) is 19.1 Å². The van der Waals surface area contributed by atoms with Crippen LogP contribution in [-0.2, 0) is 9.53 Å². The molecule has 2 aliphatic carbocycles. The second kappa shape index (κ2) is 6.22. The Morgan fingerprint density at radius 1 is 1.38 bits per heavy atom. The van der Waals surface area contributed by atoms with Crippen LogP contribution >= 0.6 is 0 Å². The standard InChI is InChI=1S/C15H26N2O4/c1-4-21-12-7-11(15(12,2)3)16-14(20)17(9-13(18)19)8-10-5-6-10/h10-12H,4-9H2,1-3H3,(H,16,20)(H,18,19). The summed E-state index contributed by atoms with van der Waals surface area (Å²) in [6.45, 7) is 7.09. The summed E-state index contributed by atoms with van der Waals surface area (Å²) in [6.07, 6.45) is 3.12. The molecule has 6 heteroatoms. The van der Waals surface area contributed by atoms with E-state index in [9.17, 15) is 9.59 Å². The van der Waals surface area contributed by atoms with Gasteiger partial charge in [-0.15, -0.1) is 0 Å². The van der Waals surface area contributed by atoms with Crippen LogP contribution in [0.15, 0.2) is 0 Å². The molecule has 0 aliphatic heterocycles. The van der Waals surface area contributed by atoms with E-state index < -0.39 is 5.97 Å². The number of carboxylic acids is 1. The third-order valence-electron chi connectivity index (χ3n) is 4.63. The van der Waals surface area contributed by atoms with Crippen LogP contribution < -0.4 is 5.32 Å². The predicted molar refractivity (Wildman–Crippen MR) is 78.1 cm³/mol. The number of ether oxygens (including phenoxy) is 1. The molecule has 2 saturated carbocycles. The normalized spacial score (nSPS) is 26.8. The zero-order chi connectivity index (χ0) is 15.6. The lowest BCUT2D eigenvalue weighted by atomic mass is 9.64. The van der Waals surface area contributed by atoms with Gasteiger partial charge in [0.1, 0.15) is 6.54 Å². The van der Waals surface area contributed by atoms with Gasteiger partial charge in [0.2, 0.25) is 0 Å². The molecule has 2 fully saturated rings. The first-order valence-electron chi connectivity index (χ1n) is 7.73. The van der Waals surface area contributed by atoms with Crippen LogP contribution in [0.5, 0.6) is 0 Å². The molecule has 2 N–H and O–H groups in total. The fourth-order valence-electron chi connectivity index (χ4n) is 2.85. The maximum atomic E-state index is 12.3. The number of nitrogens with zero attached hydrogens (tertiary/aromatic N) is 1. The summed E-state index contributed by atoms with van der Waals surface area (Å²) in [6, 6.07) is -0.227. The Balaban J connectivity index is 1.88. The van der Waals surface area contributed by atoms with Crippen molar-refractivity contribution in [3.63, 3.8) is 0 Å². The highest BCUT2D eigenvalue weighted by molar-refractivity contribution is 5.80. The van der Waals surface area contributed by atoms with E-state index in [4.69, 9.17) is 9.84 Å². The molecule has 0 saturated heterocycles. The molecule has 0 aromatic carbocycles. The van der Waals surface area contributed by atoms with Gasteiger partial charge in [0, 0.05) is 24.6 Å². The molecule has 21 heavy (non-hydrogen) atoms. The average molecular weight is 298 g/mol. The fourth-order valence-corrected chi connectivity index (χ4v) is 2.85. The van der Waals surface area contributed by atoms with Gasteiger partial charge >= 0.3 is 12.0 Å². The largest absolute Gasteiger partial charge is 0.480 e. The molecule has 120 valence electrons. The van der Waals surface area contributed by atoms with Gasteiger partial charge in [-0.3, -0.25) is 4.79 Å². The fraction of sp³-hybridized carbons (Fsp3) is 0.867. The van der Waals surface area contributed by atoms with Crippen molar-refractivity contribution in [1.82, 2.24) is 10.2 Å². The third-order valence-corrected chi connectivity index (χ3v) is 4.63. The SMILES string of the molecule is CCOC1CC(NC(=O)N(CC(=O)O)CC2CC2)C1(C)C. The second-order valence-corrected chi connectivity index (χ2v) is 6.72. The molecule has 0 heterocycles. The minimum Gasteiger partial charge on any atom is -0.480 e. The number of rotatable bonds is 7. The minimum atomic E-state index is -0.967. The Hall–Kier alpha value is -1.30. The van der Waals surface area contributed by atoms with E-state index in [1.807, 2.05) is 6.92 Å². The van der Waals surface area contributed by atoms with Gasteiger partial charge in [0.25, 0.3) is 0 Å². The predicted octanol–water partition coefficient (Wildman–Crippen LogP) is 1.70. The molecular formula is C15H26N2O4. The molecule has 2 aliphatic rings. The quantitative estimate of drug-likeness (QED) is 0.750. The first-order valence-corrected chi connectivity index (χ1v) is 7.73. The molecule has 2 atom stereocenters. The summed E-state index contributed by atoms with van der Waals surface area (Å²) in [5.41, 5.74) is -0.111. The van der Waals surface area contributed by atoms with E-state index in [1.165, 1.54) is 4.90 Å². The Kier molecular flexibility index (Phi) is 4.76. The number of amides is 2. The summed E-state index contributed by atoms with van der Waals surface area (Å²) in [4.78, 5) is 24.6. The average Bonchev–Trinajstić information content (AvgIpc) is 3.20. The highest BCUT2D eigenvalue weighted by Gasteiger charge is 2.50. The van der Waals surface area contributed by atoms with E-state index in [2.05, 4.69) is 19.2 Å². The summed E-state index contributed by atoms with van der Waals surface area (Å²) >= 11 is 0. The zero-order valence-corrected chi connectivity index (χ0v) is 13.1. The van der Waals surface area contributed by atoms with Crippen LogP contribution in [-0.4, -0.2) is 53.8 Å². The van der Waals surface area contributed by atoms with E-state index in [-0.39, 0.29) is 30.1 Å². The van der Waals surface area contributed by atoms with Crippen molar-refractivity contribution in [2.24, 2.45) is 11.3 Å². The van der Waals surface area contributed by atoms with E-state index in [0.717, 1.165) is 19.3 Å². The first kappa shape index (κ1) is 16.1. The highest BCUT2D eigenvalue weighted by Crippen LogP contribution is 2.42. The van der Waals surface area contributed by atoms with Crippen LogP contribution in [0.1, 0.15) is 40.0 Å².